The highest BCUT2D eigenvalue weighted by Crippen LogP contribution is 2.38. The molecule has 0 amide bonds. The summed E-state index contributed by atoms with van der Waals surface area (Å²) in [4.78, 5) is 37.1. The van der Waals surface area contributed by atoms with E-state index in [9.17, 15) is 19.0 Å². The van der Waals surface area contributed by atoms with E-state index in [4.69, 9.17) is 18.5 Å². The van der Waals surface area contributed by atoms with Crippen LogP contribution in [0.1, 0.15) is 162 Å². The number of phosphoric ester groups is 1. The summed E-state index contributed by atoms with van der Waals surface area (Å²) in [5, 5.41) is 0. The quantitative estimate of drug-likeness (QED) is 0.0297. The molecule has 0 N–H and O–H groups in total. The number of esters is 2. The molecule has 2 atom stereocenters. The Labute approximate surface area is 276 Å². The number of unbranched alkanes of at least 4 members (excludes halogenated alkanes) is 19. The molecule has 0 aromatic heterocycles. The average Bonchev–Trinajstić information content (AvgIpc) is 2.97. The molecule has 0 fully saturated rings. The van der Waals surface area contributed by atoms with Gasteiger partial charge in [0, 0.05) is 12.8 Å². The molecule has 0 bridgehead atoms. The van der Waals surface area contributed by atoms with Crippen molar-refractivity contribution in [2.45, 2.75) is 168 Å². The van der Waals surface area contributed by atoms with Gasteiger partial charge in [-0.05, 0) is 12.8 Å². The Morgan fingerprint density at radius 3 is 1.42 bits per heavy atom. The number of hydrogen-bond acceptors (Lipinski definition) is 8. The van der Waals surface area contributed by atoms with Crippen LogP contribution in [-0.2, 0) is 32.7 Å². The summed E-state index contributed by atoms with van der Waals surface area (Å²) in [6.45, 7) is 4.17. The van der Waals surface area contributed by atoms with E-state index in [2.05, 4.69) is 13.8 Å². The number of carbonyl (C=O) groups is 2. The van der Waals surface area contributed by atoms with Crippen molar-refractivity contribution in [3.63, 3.8) is 0 Å². The summed E-state index contributed by atoms with van der Waals surface area (Å²) in [7, 11) is 1.17. The predicted octanol–water partition coefficient (Wildman–Crippen LogP) is 8.66. The summed E-state index contributed by atoms with van der Waals surface area (Å²) in [6, 6.07) is 0. The zero-order valence-electron chi connectivity index (χ0n) is 29.8. The highest BCUT2D eigenvalue weighted by molar-refractivity contribution is 7.45. The Kier molecular flexibility index (Phi) is 28.5. The zero-order valence-corrected chi connectivity index (χ0v) is 30.7. The van der Waals surface area contributed by atoms with E-state index < -0.39 is 26.5 Å². The maximum atomic E-state index is 12.5. The maximum absolute atomic E-state index is 12.5. The van der Waals surface area contributed by atoms with E-state index in [-0.39, 0.29) is 32.0 Å². The Bertz CT molecular complexity index is 758. The summed E-state index contributed by atoms with van der Waals surface area (Å²) in [5.41, 5.74) is 0. The number of quaternary nitrogens is 1. The van der Waals surface area contributed by atoms with Crippen LogP contribution < -0.4 is 4.89 Å². The van der Waals surface area contributed by atoms with Crippen LogP contribution in [0.4, 0.5) is 0 Å². The van der Waals surface area contributed by atoms with Crippen LogP contribution in [0.2, 0.25) is 0 Å². The third kappa shape index (κ3) is 32.7. The molecular weight excluding hydrogens is 593 g/mol. The molecule has 0 aromatic rings. The SMILES string of the molecule is CCCCCCCCCCCCCCCCC(=O)OC[C@H](COP(=O)([O-])OCC[N+](C)(C)C)OC(=O)CCCCCCCCC. The smallest absolute Gasteiger partial charge is 0.306 e. The van der Waals surface area contributed by atoms with Crippen molar-refractivity contribution in [3.8, 4) is 0 Å². The van der Waals surface area contributed by atoms with E-state index in [1.54, 1.807) is 0 Å². The number of carbonyl (C=O) groups excluding carboxylic acids is 2. The van der Waals surface area contributed by atoms with Gasteiger partial charge in [0.15, 0.2) is 6.10 Å². The van der Waals surface area contributed by atoms with Gasteiger partial charge in [-0.1, -0.05) is 136 Å². The molecule has 0 saturated heterocycles. The normalized spacial score (nSPS) is 13.8. The standard InChI is InChI=1S/C35H70NO8P/c1-6-8-10-12-14-15-16-17-18-19-20-22-23-25-27-34(37)41-31-33(32-43-45(39,40)42-30-29-36(3,4)5)44-35(38)28-26-24-21-13-11-9-7-2/h33H,6-32H2,1-5H3/t33-/m1/s1. The van der Waals surface area contributed by atoms with Gasteiger partial charge in [-0.15, -0.1) is 0 Å². The fourth-order valence-corrected chi connectivity index (χ4v) is 5.68. The topological polar surface area (TPSA) is 111 Å². The van der Waals surface area contributed by atoms with Crippen molar-refractivity contribution in [1.29, 1.82) is 0 Å². The molecule has 1 unspecified atom stereocenters. The van der Waals surface area contributed by atoms with Gasteiger partial charge in [-0.2, -0.15) is 0 Å². The van der Waals surface area contributed by atoms with E-state index in [0.29, 0.717) is 17.4 Å². The number of ether oxygens (including phenoxy) is 2. The number of likely N-dealkylation sites (N-methyl/N-ethyl adjacent to an activating group) is 1. The first-order valence-corrected chi connectivity index (χ1v) is 19.7. The van der Waals surface area contributed by atoms with Crippen LogP contribution in [-0.4, -0.2) is 70.0 Å². The monoisotopic (exact) mass is 663 g/mol. The fraction of sp³-hybridized carbons (Fsp3) is 0.943. The van der Waals surface area contributed by atoms with Crippen molar-refractivity contribution >= 4 is 19.8 Å². The minimum absolute atomic E-state index is 0.0266. The molecule has 9 nitrogen and oxygen atoms in total. The van der Waals surface area contributed by atoms with Crippen molar-refractivity contribution in [3.05, 3.63) is 0 Å². The van der Waals surface area contributed by atoms with Crippen LogP contribution >= 0.6 is 7.82 Å². The van der Waals surface area contributed by atoms with Crippen molar-refractivity contribution < 1.29 is 42.1 Å². The number of hydrogen-bond donors (Lipinski definition) is 0. The second-order valence-corrected chi connectivity index (χ2v) is 15.0. The zero-order chi connectivity index (χ0) is 33.7. The molecule has 0 aromatic carbocycles. The Morgan fingerprint density at radius 1 is 0.600 bits per heavy atom. The first-order valence-electron chi connectivity index (χ1n) is 18.2. The third-order valence-corrected chi connectivity index (χ3v) is 8.84. The molecule has 0 aliphatic heterocycles. The van der Waals surface area contributed by atoms with Gasteiger partial charge in [0.1, 0.15) is 19.8 Å². The highest BCUT2D eigenvalue weighted by Gasteiger charge is 2.21. The minimum Gasteiger partial charge on any atom is -0.756 e. The summed E-state index contributed by atoms with van der Waals surface area (Å²) < 4.78 is 33.6. The second-order valence-electron chi connectivity index (χ2n) is 13.6. The lowest BCUT2D eigenvalue weighted by Gasteiger charge is -2.28. The van der Waals surface area contributed by atoms with Gasteiger partial charge in [-0.3, -0.25) is 14.2 Å². The minimum atomic E-state index is -4.60. The number of rotatable bonds is 33. The van der Waals surface area contributed by atoms with Crippen LogP contribution in [0.5, 0.6) is 0 Å². The van der Waals surface area contributed by atoms with Crippen LogP contribution in [0.25, 0.3) is 0 Å². The van der Waals surface area contributed by atoms with Gasteiger partial charge >= 0.3 is 11.9 Å². The predicted molar refractivity (Wildman–Crippen MR) is 181 cm³/mol. The molecule has 268 valence electrons. The first-order chi connectivity index (χ1) is 21.5. The third-order valence-electron chi connectivity index (χ3n) is 7.88. The van der Waals surface area contributed by atoms with Gasteiger partial charge < -0.3 is 27.9 Å². The van der Waals surface area contributed by atoms with Gasteiger partial charge in [0.2, 0.25) is 0 Å². The lowest BCUT2D eigenvalue weighted by molar-refractivity contribution is -0.870. The molecule has 0 radical (unpaired) electrons. The van der Waals surface area contributed by atoms with E-state index >= 15 is 0 Å². The van der Waals surface area contributed by atoms with Crippen LogP contribution in [0.3, 0.4) is 0 Å². The average molecular weight is 664 g/mol. The molecule has 0 rings (SSSR count). The summed E-state index contributed by atoms with van der Waals surface area (Å²) in [6.07, 6.45) is 24.3. The van der Waals surface area contributed by atoms with Gasteiger partial charge in [-0.25, -0.2) is 0 Å². The number of nitrogens with zero attached hydrogens (tertiary/aromatic N) is 1. The molecule has 0 aliphatic rings. The lowest BCUT2D eigenvalue weighted by Crippen LogP contribution is -2.37. The molecule has 45 heavy (non-hydrogen) atoms. The largest absolute Gasteiger partial charge is 0.756 e. The van der Waals surface area contributed by atoms with Gasteiger partial charge in [0.05, 0.1) is 27.7 Å². The first kappa shape index (κ1) is 44.0. The van der Waals surface area contributed by atoms with E-state index in [1.165, 1.54) is 89.9 Å². The van der Waals surface area contributed by atoms with Crippen LogP contribution in [0.15, 0.2) is 0 Å². The molecule has 10 heteroatoms. The van der Waals surface area contributed by atoms with E-state index in [0.717, 1.165) is 38.5 Å². The van der Waals surface area contributed by atoms with Gasteiger partial charge in [0.25, 0.3) is 7.82 Å². The van der Waals surface area contributed by atoms with Crippen LogP contribution in [0, 0.1) is 0 Å². The summed E-state index contributed by atoms with van der Waals surface area (Å²) >= 11 is 0. The van der Waals surface area contributed by atoms with Crippen molar-refractivity contribution in [2.75, 3.05) is 47.5 Å². The van der Waals surface area contributed by atoms with Crippen molar-refractivity contribution in [1.82, 2.24) is 0 Å². The summed E-state index contributed by atoms with van der Waals surface area (Å²) in [5.74, 6) is -0.835. The van der Waals surface area contributed by atoms with Crippen molar-refractivity contribution in [2.24, 2.45) is 0 Å². The molecular formula is C35H70NO8P. The molecule has 0 spiro atoms. The molecule has 0 aliphatic carbocycles. The maximum Gasteiger partial charge on any atom is 0.306 e. The Balaban J connectivity index is 4.35. The fourth-order valence-electron chi connectivity index (χ4n) is 4.95. The Hall–Kier alpha value is -0.990. The van der Waals surface area contributed by atoms with E-state index in [1.807, 2.05) is 21.1 Å². The molecule has 0 heterocycles. The molecule has 0 saturated carbocycles. The number of phosphoric acid groups is 1. The Morgan fingerprint density at radius 2 is 1.00 bits per heavy atom. The lowest BCUT2D eigenvalue weighted by atomic mass is 10.0. The second kappa shape index (κ2) is 29.2. The highest BCUT2D eigenvalue weighted by atomic mass is 31.2.